The first-order valence-corrected chi connectivity index (χ1v) is 5.54. The first-order valence-electron chi connectivity index (χ1n) is 3.99. The fourth-order valence-electron chi connectivity index (χ4n) is 1.01. The van der Waals surface area contributed by atoms with Crippen molar-refractivity contribution in [2.75, 3.05) is 0 Å². The van der Waals surface area contributed by atoms with E-state index < -0.39 is 11.5 Å². The van der Waals surface area contributed by atoms with Gasteiger partial charge in [-0.3, -0.25) is 0 Å². The van der Waals surface area contributed by atoms with Crippen LogP contribution in [0.3, 0.4) is 0 Å². The Morgan fingerprint density at radius 1 is 1.47 bits per heavy atom. The second-order valence-electron chi connectivity index (χ2n) is 3.00. The van der Waals surface area contributed by atoms with Gasteiger partial charge in [0.1, 0.15) is 6.10 Å². The lowest BCUT2D eigenvalue weighted by atomic mass is 10.1. The molecule has 0 aliphatic rings. The number of benzene rings is 1. The van der Waals surface area contributed by atoms with Gasteiger partial charge in [-0.1, -0.05) is 33.6 Å². The molecule has 1 rings (SSSR count). The number of alkyl halides is 3. The summed E-state index contributed by atoms with van der Waals surface area (Å²) < 4.78 is 25.7. The Labute approximate surface area is 104 Å². The van der Waals surface area contributed by atoms with E-state index in [0.29, 0.717) is 10.6 Å². The Hall–Kier alpha value is 0.1000. The van der Waals surface area contributed by atoms with Crippen LogP contribution in [0.4, 0.5) is 8.78 Å². The highest BCUT2D eigenvalue weighted by Gasteiger charge is 2.35. The van der Waals surface area contributed by atoms with Crippen LogP contribution >= 0.6 is 39.1 Å². The molecule has 1 unspecified atom stereocenters. The number of hydrogen-bond acceptors (Lipinski definition) is 1. The van der Waals surface area contributed by atoms with Crippen molar-refractivity contribution in [3.63, 3.8) is 0 Å². The van der Waals surface area contributed by atoms with Crippen molar-refractivity contribution in [3.8, 4) is 0 Å². The highest BCUT2D eigenvalue weighted by Crippen LogP contribution is 2.29. The topological polar surface area (TPSA) is 20.2 Å². The quantitative estimate of drug-likeness (QED) is 0.839. The van der Waals surface area contributed by atoms with Crippen LogP contribution in [0.15, 0.2) is 22.7 Å². The largest absolute Gasteiger partial charge is 0.385 e. The molecule has 0 fully saturated rings. The Kier molecular flexibility index (Phi) is 4.35. The molecule has 1 nitrogen and oxygen atoms in total. The molecular formula is C9H7BrCl2F2O. The predicted octanol–water partition coefficient (Wildman–Crippen LogP) is 3.84. The van der Waals surface area contributed by atoms with Crippen LogP contribution in [0.5, 0.6) is 0 Å². The summed E-state index contributed by atoms with van der Waals surface area (Å²) >= 11 is 13.7. The zero-order valence-corrected chi connectivity index (χ0v) is 10.5. The smallest absolute Gasteiger partial charge is 0.347 e. The van der Waals surface area contributed by atoms with Gasteiger partial charge < -0.3 is 5.11 Å². The number of halogens is 5. The first-order chi connectivity index (χ1) is 6.80. The van der Waals surface area contributed by atoms with Crippen LogP contribution in [0, 0.1) is 0 Å². The van der Waals surface area contributed by atoms with Crippen molar-refractivity contribution < 1.29 is 13.9 Å². The lowest BCUT2D eigenvalue weighted by Crippen LogP contribution is -2.29. The van der Waals surface area contributed by atoms with E-state index in [2.05, 4.69) is 27.5 Å². The summed E-state index contributed by atoms with van der Waals surface area (Å²) in [5.74, 6) is 0. The highest BCUT2D eigenvalue weighted by atomic mass is 79.9. The normalized spacial score (nSPS) is 14.0. The monoisotopic (exact) mass is 318 g/mol. The van der Waals surface area contributed by atoms with E-state index in [0.717, 1.165) is 4.47 Å². The van der Waals surface area contributed by atoms with Crippen molar-refractivity contribution in [1.82, 2.24) is 0 Å². The second kappa shape index (κ2) is 4.95. The average Bonchev–Trinajstić information content (AvgIpc) is 2.08. The Bertz CT molecular complexity index is 354. The number of aliphatic hydroxyl groups is 1. The van der Waals surface area contributed by atoms with E-state index in [4.69, 9.17) is 16.7 Å². The summed E-state index contributed by atoms with van der Waals surface area (Å²) in [6.07, 6.45) is -2.24. The van der Waals surface area contributed by atoms with Gasteiger partial charge in [-0.05, 0) is 29.3 Å². The van der Waals surface area contributed by atoms with Gasteiger partial charge in [0.2, 0.25) is 0 Å². The van der Waals surface area contributed by atoms with Crippen LogP contribution in [-0.4, -0.2) is 16.6 Å². The van der Waals surface area contributed by atoms with Gasteiger partial charge >= 0.3 is 5.38 Å². The molecule has 0 saturated heterocycles. The summed E-state index contributed by atoms with van der Waals surface area (Å²) in [6.45, 7) is 0. The fourth-order valence-corrected chi connectivity index (χ4v) is 1.84. The zero-order valence-electron chi connectivity index (χ0n) is 7.35. The molecule has 1 aromatic carbocycles. The van der Waals surface area contributed by atoms with Crippen molar-refractivity contribution in [1.29, 1.82) is 0 Å². The van der Waals surface area contributed by atoms with Crippen molar-refractivity contribution in [2.24, 2.45) is 0 Å². The molecule has 0 aliphatic heterocycles. The van der Waals surface area contributed by atoms with Crippen molar-refractivity contribution in [3.05, 3.63) is 33.3 Å². The third kappa shape index (κ3) is 3.87. The maximum absolute atomic E-state index is 12.5. The zero-order chi connectivity index (χ0) is 11.6. The molecule has 0 heterocycles. The van der Waals surface area contributed by atoms with Crippen LogP contribution in [0.2, 0.25) is 5.02 Å². The lowest BCUT2D eigenvalue weighted by molar-refractivity contribution is -0.0397. The maximum Gasteiger partial charge on any atom is 0.347 e. The minimum Gasteiger partial charge on any atom is -0.385 e. The summed E-state index contributed by atoms with van der Waals surface area (Å²) in [4.78, 5) is 0. The molecule has 0 saturated carbocycles. The van der Waals surface area contributed by atoms with E-state index in [1.807, 2.05) is 0 Å². The standard InChI is InChI=1S/C9H7BrCl2F2O/c10-6-2-1-5(7(11)4-6)3-8(15)9(12,13)14/h1-2,4,8,15H,3H2. The molecule has 15 heavy (non-hydrogen) atoms. The van der Waals surface area contributed by atoms with E-state index in [1.54, 1.807) is 18.2 Å². The second-order valence-corrected chi connectivity index (χ2v) is 4.82. The van der Waals surface area contributed by atoms with E-state index in [1.165, 1.54) is 0 Å². The first kappa shape index (κ1) is 13.2. The molecule has 0 spiro atoms. The Balaban J connectivity index is 2.82. The van der Waals surface area contributed by atoms with Gasteiger partial charge in [0.05, 0.1) is 0 Å². The molecule has 1 atom stereocenters. The maximum atomic E-state index is 12.5. The van der Waals surface area contributed by atoms with E-state index in [9.17, 15) is 8.78 Å². The fraction of sp³-hybridized carbons (Fsp3) is 0.333. The molecule has 0 bridgehead atoms. The number of aliphatic hydroxyl groups excluding tert-OH is 1. The molecular weight excluding hydrogens is 313 g/mol. The minimum atomic E-state index is -3.64. The van der Waals surface area contributed by atoms with Crippen molar-refractivity contribution >= 4 is 39.1 Å². The molecule has 1 N–H and O–H groups in total. The Morgan fingerprint density at radius 2 is 2.07 bits per heavy atom. The van der Waals surface area contributed by atoms with Gasteiger partial charge in [0.25, 0.3) is 0 Å². The molecule has 84 valence electrons. The van der Waals surface area contributed by atoms with E-state index >= 15 is 0 Å². The molecule has 6 heteroatoms. The highest BCUT2D eigenvalue weighted by molar-refractivity contribution is 9.10. The van der Waals surface area contributed by atoms with Crippen LogP contribution in [0.1, 0.15) is 5.56 Å². The van der Waals surface area contributed by atoms with Gasteiger partial charge in [-0.15, -0.1) is 0 Å². The van der Waals surface area contributed by atoms with Crippen LogP contribution in [-0.2, 0) is 6.42 Å². The van der Waals surface area contributed by atoms with Gasteiger partial charge in [0.15, 0.2) is 0 Å². The van der Waals surface area contributed by atoms with Gasteiger partial charge in [-0.2, -0.15) is 8.78 Å². The molecule has 0 aliphatic carbocycles. The minimum absolute atomic E-state index is 0.289. The molecule has 0 aromatic heterocycles. The van der Waals surface area contributed by atoms with Gasteiger partial charge in [-0.25, -0.2) is 0 Å². The summed E-state index contributed by atoms with van der Waals surface area (Å²) in [7, 11) is 0. The summed E-state index contributed by atoms with van der Waals surface area (Å²) in [5, 5.41) is 5.75. The third-order valence-corrected chi connectivity index (χ3v) is 2.90. The summed E-state index contributed by atoms with van der Waals surface area (Å²) in [6, 6.07) is 4.77. The Morgan fingerprint density at radius 3 is 2.53 bits per heavy atom. The predicted molar refractivity (Wildman–Crippen MR) is 59.7 cm³/mol. The molecule has 0 radical (unpaired) electrons. The lowest BCUT2D eigenvalue weighted by Gasteiger charge is -2.16. The molecule has 1 aromatic rings. The van der Waals surface area contributed by atoms with Crippen LogP contribution < -0.4 is 0 Å². The number of hydrogen-bond donors (Lipinski definition) is 1. The van der Waals surface area contributed by atoms with Gasteiger partial charge in [0, 0.05) is 15.9 Å². The number of rotatable bonds is 3. The van der Waals surface area contributed by atoms with Crippen LogP contribution in [0.25, 0.3) is 0 Å². The van der Waals surface area contributed by atoms with E-state index in [-0.39, 0.29) is 6.42 Å². The third-order valence-electron chi connectivity index (χ3n) is 1.81. The van der Waals surface area contributed by atoms with Crippen molar-refractivity contribution in [2.45, 2.75) is 17.9 Å². The average molecular weight is 320 g/mol. The molecule has 0 amide bonds. The SMILES string of the molecule is OC(Cc1ccc(Br)cc1Cl)C(F)(F)Cl. The summed E-state index contributed by atoms with van der Waals surface area (Å²) in [5.41, 5.74) is 0.424.